The largest absolute Gasteiger partial charge is 0.487 e. The first kappa shape index (κ1) is 14.6. The van der Waals surface area contributed by atoms with E-state index in [0.29, 0.717) is 5.56 Å². The van der Waals surface area contributed by atoms with Gasteiger partial charge in [0, 0.05) is 18.6 Å². The fraction of sp³-hybridized carbons (Fsp3) is 0.250. The summed E-state index contributed by atoms with van der Waals surface area (Å²) in [4.78, 5) is 20.6. The Labute approximate surface area is 108 Å². The highest BCUT2D eigenvalue weighted by molar-refractivity contribution is 5.85. The van der Waals surface area contributed by atoms with Crippen LogP contribution in [0.2, 0.25) is 0 Å². The smallest absolute Gasteiger partial charge is 0.328 e. The van der Waals surface area contributed by atoms with E-state index in [-0.39, 0.29) is 24.5 Å². The van der Waals surface area contributed by atoms with Crippen LogP contribution in [0.25, 0.3) is 6.08 Å². The van der Waals surface area contributed by atoms with Gasteiger partial charge in [0.2, 0.25) is 0 Å². The highest BCUT2D eigenvalue weighted by Crippen LogP contribution is 2.28. The Kier molecular flexibility index (Phi) is 5.46. The molecule has 0 saturated heterocycles. The van der Waals surface area contributed by atoms with Crippen molar-refractivity contribution in [1.82, 2.24) is 0 Å². The molecule has 19 heavy (non-hydrogen) atoms. The minimum atomic E-state index is -1.15. The second-order valence-corrected chi connectivity index (χ2v) is 3.55. The van der Waals surface area contributed by atoms with Crippen LogP contribution in [0.4, 0.5) is 10.1 Å². The molecule has 0 bridgehead atoms. The molecule has 0 aliphatic carbocycles. The second kappa shape index (κ2) is 7.10. The van der Waals surface area contributed by atoms with E-state index in [2.05, 4.69) is 0 Å². The average Bonchev–Trinajstić information content (AvgIpc) is 2.37. The molecule has 7 heteroatoms. The lowest BCUT2D eigenvalue weighted by atomic mass is 10.1. The van der Waals surface area contributed by atoms with Gasteiger partial charge < -0.3 is 9.84 Å². The summed E-state index contributed by atoms with van der Waals surface area (Å²) >= 11 is 0. The number of hydrogen-bond acceptors (Lipinski definition) is 4. The first-order valence-electron chi connectivity index (χ1n) is 5.43. The normalized spacial score (nSPS) is 10.6. The van der Waals surface area contributed by atoms with Crippen LogP contribution in [0.15, 0.2) is 24.3 Å². The highest BCUT2D eigenvalue weighted by Gasteiger charge is 2.15. The minimum Gasteiger partial charge on any atom is -0.487 e. The van der Waals surface area contributed by atoms with Crippen LogP contribution in [0.1, 0.15) is 12.0 Å². The summed E-state index contributed by atoms with van der Waals surface area (Å²) in [5.74, 6) is -1.11. The molecule has 0 amide bonds. The molecule has 0 atom stereocenters. The van der Waals surface area contributed by atoms with Gasteiger partial charge >= 0.3 is 11.7 Å². The number of nitrogens with zero attached hydrogens (tertiary/aromatic N) is 1. The number of hydrogen-bond donors (Lipinski definition) is 1. The molecular weight excluding hydrogens is 257 g/mol. The molecule has 0 heterocycles. The topological polar surface area (TPSA) is 89.7 Å². The standard InChI is InChI=1S/C12H12FNO5/c13-6-1-7-19-11-4-2-9(3-5-12(15)16)8-10(11)14(17)18/h2-5,8H,1,6-7H2,(H,15,16)/b5-3+. The number of halogens is 1. The van der Waals surface area contributed by atoms with Crippen molar-refractivity contribution in [3.63, 3.8) is 0 Å². The second-order valence-electron chi connectivity index (χ2n) is 3.55. The molecule has 6 nitrogen and oxygen atoms in total. The third-order valence-corrected chi connectivity index (χ3v) is 2.13. The molecule has 0 aromatic heterocycles. The molecule has 0 spiro atoms. The molecule has 0 aliphatic rings. The molecule has 1 aromatic rings. The highest BCUT2D eigenvalue weighted by atomic mass is 19.1. The van der Waals surface area contributed by atoms with Crippen LogP contribution in [-0.4, -0.2) is 29.3 Å². The van der Waals surface area contributed by atoms with Crippen molar-refractivity contribution in [2.75, 3.05) is 13.3 Å². The van der Waals surface area contributed by atoms with Crippen LogP contribution >= 0.6 is 0 Å². The lowest BCUT2D eigenvalue weighted by Crippen LogP contribution is -2.01. The lowest BCUT2D eigenvalue weighted by Gasteiger charge is -2.06. The Morgan fingerprint density at radius 3 is 2.84 bits per heavy atom. The summed E-state index contributed by atoms with van der Waals surface area (Å²) in [6.45, 7) is -0.519. The van der Waals surface area contributed by atoms with Gasteiger partial charge in [-0.2, -0.15) is 0 Å². The van der Waals surface area contributed by atoms with E-state index in [1.165, 1.54) is 24.3 Å². The maximum atomic E-state index is 11.9. The van der Waals surface area contributed by atoms with Crippen molar-refractivity contribution in [1.29, 1.82) is 0 Å². The van der Waals surface area contributed by atoms with Crippen LogP contribution in [0.3, 0.4) is 0 Å². The monoisotopic (exact) mass is 269 g/mol. The van der Waals surface area contributed by atoms with E-state index in [0.717, 1.165) is 6.08 Å². The maximum Gasteiger partial charge on any atom is 0.328 e. The summed E-state index contributed by atoms with van der Waals surface area (Å²) in [6.07, 6.45) is 2.27. The zero-order valence-corrected chi connectivity index (χ0v) is 9.91. The molecule has 0 saturated carbocycles. The zero-order chi connectivity index (χ0) is 14.3. The Morgan fingerprint density at radius 1 is 1.53 bits per heavy atom. The van der Waals surface area contributed by atoms with Gasteiger partial charge in [-0.15, -0.1) is 0 Å². The van der Waals surface area contributed by atoms with Crippen molar-refractivity contribution in [3.8, 4) is 5.75 Å². The molecule has 1 rings (SSSR count). The molecule has 1 N–H and O–H groups in total. The number of aliphatic carboxylic acids is 1. The van der Waals surface area contributed by atoms with Crippen LogP contribution in [0.5, 0.6) is 5.75 Å². The minimum absolute atomic E-state index is 0.0333. The molecule has 0 unspecified atom stereocenters. The number of carboxylic acid groups (broad SMARTS) is 1. The SMILES string of the molecule is O=C(O)/C=C/c1ccc(OCCCF)c([N+](=O)[O-])c1. The van der Waals surface area contributed by atoms with Gasteiger partial charge in [-0.3, -0.25) is 14.5 Å². The number of rotatable bonds is 7. The van der Waals surface area contributed by atoms with E-state index in [1.54, 1.807) is 0 Å². The number of alkyl halides is 1. The Bertz CT molecular complexity index is 501. The third-order valence-electron chi connectivity index (χ3n) is 2.13. The van der Waals surface area contributed by atoms with E-state index in [4.69, 9.17) is 9.84 Å². The number of ether oxygens (including phenoxy) is 1. The van der Waals surface area contributed by atoms with Crippen molar-refractivity contribution < 1.29 is 24.0 Å². The summed E-state index contributed by atoms with van der Waals surface area (Å²) in [5, 5.41) is 19.3. The van der Waals surface area contributed by atoms with Crippen molar-refractivity contribution in [2.45, 2.75) is 6.42 Å². The Hall–Kier alpha value is -2.44. The van der Waals surface area contributed by atoms with E-state index < -0.39 is 17.6 Å². The zero-order valence-electron chi connectivity index (χ0n) is 9.91. The number of benzene rings is 1. The van der Waals surface area contributed by atoms with Gasteiger partial charge in [0.05, 0.1) is 18.2 Å². The quantitative estimate of drug-likeness (QED) is 0.355. The van der Waals surface area contributed by atoms with E-state index in [9.17, 15) is 19.3 Å². The number of nitro groups is 1. The fourth-order valence-electron chi connectivity index (χ4n) is 1.31. The molecule has 0 fully saturated rings. The molecule has 1 aromatic carbocycles. The van der Waals surface area contributed by atoms with Gasteiger partial charge in [0.15, 0.2) is 5.75 Å². The predicted octanol–water partition coefficient (Wildman–Crippen LogP) is 2.43. The first-order chi connectivity index (χ1) is 9.04. The van der Waals surface area contributed by atoms with Gasteiger partial charge in [0.25, 0.3) is 0 Å². The van der Waals surface area contributed by atoms with E-state index >= 15 is 0 Å². The molecular formula is C12H12FNO5. The van der Waals surface area contributed by atoms with Crippen molar-refractivity contribution in [3.05, 3.63) is 40.0 Å². The summed E-state index contributed by atoms with van der Waals surface area (Å²) in [7, 11) is 0. The van der Waals surface area contributed by atoms with Gasteiger partial charge in [-0.25, -0.2) is 4.79 Å². The van der Waals surface area contributed by atoms with Crippen molar-refractivity contribution >= 4 is 17.7 Å². The average molecular weight is 269 g/mol. The van der Waals surface area contributed by atoms with Gasteiger partial charge in [-0.05, 0) is 17.7 Å². The maximum absolute atomic E-state index is 11.9. The van der Waals surface area contributed by atoms with Gasteiger partial charge in [0.1, 0.15) is 0 Å². The number of carbonyl (C=O) groups is 1. The number of nitro benzene ring substituents is 1. The summed E-state index contributed by atoms with van der Waals surface area (Å²) < 4.78 is 17.0. The summed E-state index contributed by atoms with van der Waals surface area (Å²) in [5.41, 5.74) is 0.0818. The fourth-order valence-corrected chi connectivity index (χ4v) is 1.31. The predicted molar refractivity (Wildman–Crippen MR) is 65.9 cm³/mol. The molecule has 0 aliphatic heterocycles. The Balaban J connectivity index is 2.94. The Morgan fingerprint density at radius 2 is 2.26 bits per heavy atom. The van der Waals surface area contributed by atoms with Crippen LogP contribution in [-0.2, 0) is 4.79 Å². The molecule has 102 valence electrons. The van der Waals surface area contributed by atoms with Crippen LogP contribution < -0.4 is 4.74 Å². The van der Waals surface area contributed by atoms with E-state index in [1.807, 2.05) is 0 Å². The lowest BCUT2D eigenvalue weighted by molar-refractivity contribution is -0.385. The van der Waals surface area contributed by atoms with Crippen LogP contribution in [0, 0.1) is 10.1 Å². The summed E-state index contributed by atoms with van der Waals surface area (Å²) in [6, 6.07) is 4.04. The third kappa shape index (κ3) is 4.74. The number of carboxylic acids is 1. The van der Waals surface area contributed by atoms with Crippen molar-refractivity contribution in [2.24, 2.45) is 0 Å². The first-order valence-corrected chi connectivity index (χ1v) is 5.43. The molecule has 0 radical (unpaired) electrons. The van der Waals surface area contributed by atoms with Gasteiger partial charge in [-0.1, -0.05) is 6.07 Å².